The van der Waals surface area contributed by atoms with Crippen molar-refractivity contribution in [1.82, 2.24) is 4.90 Å². The van der Waals surface area contributed by atoms with Crippen molar-refractivity contribution in [3.8, 4) is 0 Å². The molecule has 6 nitrogen and oxygen atoms in total. The number of nitrogens with one attached hydrogen (secondary N) is 2. The Bertz CT molecular complexity index is 833. The first-order valence-electron chi connectivity index (χ1n) is 8.17. The number of hydrogen-bond acceptors (Lipinski definition) is 2. The molecule has 0 atom stereocenters. The Labute approximate surface area is 146 Å². The second-order valence-electron chi connectivity index (χ2n) is 6.32. The van der Waals surface area contributed by atoms with Crippen LogP contribution in [0, 0.1) is 13.8 Å². The van der Waals surface area contributed by atoms with Crippen LogP contribution in [0.25, 0.3) is 0 Å². The molecule has 3 N–H and O–H groups in total. The Hall–Kier alpha value is -3.02. The summed E-state index contributed by atoms with van der Waals surface area (Å²) in [7, 11) is 0. The molecule has 0 fully saturated rings. The third kappa shape index (κ3) is 3.91. The number of hydrogen-bond donors (Lipinski definition) is 3. The predicted molar refractivity (Wildman–Crippen MR) is 97.1 cm³/mol. The molecule has 0 aromatic heterocycles. The number of fused-ring (bicyclic) bond motifs is 1. The molecule has 2 aromatic rings. The molecule has 0 saturated carbocycles. The van der Waals surface area contributed by atoms with Gasteiger partial charge in [-0.2, -0.15) is 0 Å². The van der Waals surface area contributed by atoms with E-state index in [0.717, 1.165) is 22.4 Å². The number of nitrogens with zero attached hydrogens (tertiary/aromatic N) is 1. The van der Waals surface area contributed by atoms with E-state index in [1.165, 1.54) is 10.5 Å². The Morgan fingerprint density at radius 3 is 2.32 bits per heavy atom. The maximum atomic E-state index is 12.2. The molecule has 0 aliphatic carbocycles. The van der Waals surface area contributed by atoms with Crippen LogP contribution in [0.1, 0.15) is 22.3 Å². The highest BCUT2D eigenvalue weighted by atomic mass is 16.4. The topological polar surface area (TPSA) is 81.7 Å². The van der Waals surface area contributed by atoms with Crippen LogP contribution in [-0.4, -0.2) is 28.7 Å². The zero-order valence-electron chi connectivity index (χ0n) is 14.3. The minimum atomic E-state index is -0.902. The minimum absolute atomic E-state index is 0.300. The molecule has 0 radical (unpaired) electrons. The SMILES string of the molecule is Cc1ccc(NC(=O)Nc2ccc3c(c2)CCN(C(=O)O)C3)cc1C. The van der Waals surface area contributed by atoms with E-state index < -0.39 is 6.09 Å². The number of carbonyl (C=O) groups is 2. The highest BCUT2D eigenvalue weighted by Crippen LogP contribution is 2.23. The lowest BCUT2D eigenvalue weighted by Crippen LogP contribution is -2.34. The highest BCUT2D eigenvalue weighted by molar-refractivity contribution is 5.99. The molecule has 6 heteroatoms. The van der Waals surface area contributed by atoms with Gasteiger partial charge in [-0.25, -0.2) is 9.59 Å². The Morgan fingerprint density at radius 2 is 1.64 bits per heavy atom. The van der Waals surface area contributed by atoms with Crippen molar-refractivity contribution in [3.63, 3.8) is 0 Å². The van der Waals surface area contributed by atoms with E-state index >= 15 is 0 Å². The predicted octanol–water partition coefficient (Wildman–Crippen LogP) is 3.98. The molecule has 130 valence electrons. The number of aryl methyl sites for hydroxylation is 2. The van der Waals surface area contributed by atoms with E-state index in [1.54, 1.807) is 6.07 Å². The second kappa shape index (κ2) is 6.84. The molecular formula is C19H21N3O3. The van der Waals surface area contributed by atoms with Gasteiger partial charge in [0.25, 0.3) is 0 Å². The van der Waals surface area contributed by atoms with Crippen molar-refractivity contribution in [3.05, 3.63) is 58.7 Å². The zero-order valence-corrected chi connectivity index (χ0v) is 14.3. The first-order chi connectivity index (χ1) is 11.9. The van der Waals surface area contributed by atoms with E-state index in [4.69, 9.17) is 5.11 Å². The summed E-state index contributed by atoms with van der Waals surface area (Å²) >= 11 is 0. The molecule has 25 heavy (non-hydrogen) atoms. The molecule has 0 spiro atoms. The number of urea groups is 1. The Kier molecular flexibility index (Phi) is 4.61. The number of carboxylic acid groups (broad SMARTS) is 1. The first kappa shape index (κ1) is 16.8. The van der Waals surface area contributed by atoms with Crippen molar-refractivity contribution in [1.29, 1.82) is 0 Å². The van der Waals surface area contributed by atoms with Crippen LogP contribution in [0.2, 0.25) is 0 Å². The minimum Gasteiger partial charge on any atom is -0.465 e. The average Bonchev–Trinajstić information content (AvgIpc) is 2.57. The molecule has 0 unspecified atom stereocenters. The zero-order chi connectivity index (χ0) is 18.0. The fraction of sp³-hybridized carbons (Fsp3) is 0.263. The smallest absolute Gasteiger partial charge is 0.407 e. The molecule has 3 rings (SSSR count). The summed E-state index contributed by atoms with van der Waals surface area (Å²) in [5.41, 5.74) is 5.79. The van der Waals surface area contributed by atoms with Gasteiger partial charge >= 0.3 is 12.1 Å². The summed E-state index contributed by atoms with van der Waals surface area (Å²) in [6.45, 7) is 4.89. The van der Waals surface area contributed by atoms with E-state index in [9.17, 15) is 9.59 Å². The van der Waals surface area contributed by atoms with Crippen molar-refractivity contribution >= 4 is 23.5 Å². The van der Waals surface area contributed by atoms with Gasteiger partial charge in [-0.15, -0.1) is 0 Å². The third-order valence-corrected chi connectivity index (χ3v) is 4.51. The largest absolute Gasteiger partial charge is 0.465 e. The number of rotatable bonds is 2. The standard InChI is InChI=1S/C19H21N3O3/c1-12-3-5-16(9-13(12)2)20-18(23)21-17-6-4-15-11-22(19(24)25)8-7-14(15)10-17/h3-6,9-10H,7-8,11H2,1-2H3,(H,24,25)(H2,20,21,23). The number of benzene rings is 2. The molecule has 0 bridgehead atoms. The van der Waals surface area contributed by atoms with Gasteiger partial charge in [0, 0.05) is 24.5 Å². The fourth-order valence-electron chi connectivity index (χ4n) is 2.91. The van der Waals surface area contributed by atoms with Crippen molar-refractivity contribution in [2.45, 2.75) is 26.8 Å². The molecule has 1 heterocycles. The summed E-state index contributed by atoms with van der Waals surface area (Å²) in [5.74, 6) is 0. The van der Waals surface area contributed by atoms with E-state index in [0.29, 0.717) is 25.2 Å². The van der Waals surface area contributed by atoms with Gasteiger partial charge < -0.3 is 20.6 Å². The van der Waals surface area contributed by atoms with Gasteiger partial charge in [-0.05, 0) is 66.8 Å². The lowest BCUT2D eigenvalue weighted by Gasteiger charge is -2.26. The lowest BCUT2D eigenvalue weighted by molar-refractivity contribution is 0.140. The Morgan fingerprint density at radius 1 is 0.960 bits per heavy atom. The third-order valence-electron chi connectivity index (χ3n) is 4.51. The fourth-order valence-corrected chi connectivity index (χ4v) is 2.91. The van der Waals surface area contributed by atoms with Gasteiger partial charge in [-0.1, -0.05) is 12.1 Å². The first-order valence-corrected chi connectivity index (χ1v) is 8.17. The van der Waals surface area contributed by atoms with E-state index in [1.807, 2.05) is 44.2 Å². The van der Waals surface area contributed by atoms with Gasteiger partial charge in [0.2, 0.25) is 0 Å². The molecule has 3 amide bonds. The average molecular weight is 339 g/mol. The van der Waals surface area contributed by atoms with Crippen LogP contribution >= 0.6 is 0 Å². The van der Waals surface area contributed by atoms with Crippen molar-refractivity contribution < 1.29 is 14.7 Å². The maximum absolute atomic E-state index is 12.2. The molecular weight excluding hydrogens is 318 g/mol. The van der Waals surface area contributed by atoms with Crippen LogP contribution < -0.4 is 10.6 Å². The van der Waals surface area contributed by atoms with E-state index in [-0.39, 0.29) is 6.03 Å². The molecule has 1 aliphatic rings. The van der Waals surface area contributed by atoms with Gasteiger partial charge in [0.1, 0.15) is 0 Å². The van der Waals surface area contributed by atoms with Gasteiger partial charge in [-0.3, -0.25) is 0 Å². The van der Waals surface area contributed by atoms with Crippen molar-refractivity contribution in [2.75, 3.05) is 17.2 Å². The van der Waals surface area contributed by atoms with Crippen LogP contribution in [0.5, 0.6) is 0 Å². The monoisotopic (exact) mass is 339 g/mol. The van der Waals surface area contributed by atoms with E-state index in [2.05, 4.69) is 10.6 Å². The number of carbonyl (C=O) groups excluding carboxylic acids is 1. The van der Waals surface area contributed by atoms with Crippen LogP contribution in [0.4, 0.5) is 21.0 Å². The summed E-state index contributed by atoms with van der Waals surface area (Å²) in [6, 6.07) is 11.1. The second-order valence-corrected chi connectivity index (χ2v) is 6.32. The summed E-state index contributed by atoms with van der Waals surface area (Å²) in [4.78, 5) is 24.6. The van der Waals surface area contributed by atoms with Crippen LogP contribution in [-0.2, 0) is 13.0 Å². The van der Waals surface area contributed by atoms with Crippen LogP contribution in [0.15, 0.2) is 36.4 Å². The quantitative estimate of drug-likeness (QED) is 0.774. The molecule has 1 aliphatic heterocycles. The molecule has 0 saturated heterocycles. The summed E-state index contributed by atoms with van der Waals surface area (Å²) < 4.78 is 0. The normalized spacial score (nSPS) is 13.1. The summed E-state index contributed by atoms with van der Waals surface area (Å²) in [6.07, 6.45) is -0.253. The van der Waals surface area contributed by atoms with Crippen LogP contribution in [0.3, 0.4) is 0 Å². The van der Waals surface area contributed by atoms with Gasteiger partial charge in [0.15, 0.2) is 0 Å². The molecule has 2 aromatic carbocycles. The lowest BCUT2D eigenvalue weighted by atomic mass is 9.99. The van der Waals surface area contributed by atoms with Crippen molar-refractivity contribution in [2.24, 2.45) is 0 Å². The van der Waals surface area contributed by atoms with Gasteiger partial charge in [0.05, 0.1) is 0 Å². The highest BCUT2D eigenvalue weighted by Gasteiger charge is 2.20. The number of amides is 3. The maximum Gasteiger partial charge on any atom is 0.407 e. The Balaban J connectivity index is 1.66. The number of anilines is 2. The summed E-state index contributed by atoms with van der Waals surface area (Å²) in [5, 5.41) is 14.7.